The van der Waals surface area contributed by atoms with Gasteiger partial charge in [-0.3, -0.25) is 14.4 Å². The molecule has 3 rings (SSSR count). The molecule has 194 valence electrons. The Hall–Kier alpha value is -2.37. The molecule has 1 aromatic rings. The molecule has 0 radical (unpaired) electrons. The van der Waals surface area contributed by atoms with Crippen molar-refractivity contribution in [2.24, 2.45) is 5.92 Å². The number of unbranched alkanes of at least 4 members (excludes halogenated alkanes) is 4. The van der Waals surface area contributed by atoms with Crippen molar-refractivity contribution < 1.29 is 14.4 Å². The van der Waals surface area contributed by atoms with Crippen LogP contribution in [0.3, 0.4) is 0 Å². The summed E-state index contributed by atoms with van der Waals surface area (Å²) in [4.78, 5) is 43.2. The topological polar surface area (TPSA) is 69.7 Å². The molecule has 0 aromatic heterocycles. The average Bonchev–Trinajstić information content (AvgIpc) is 2.88. The highest BCUT2D eigenvalue weighted by atomic mass is 16.2. The second kappa shape index (κ2) is 14.3. The monoisotopic (exact) mass is 483 g/mol. The summed E-state index contributed by atoms with van der Waals surface area (Å²) >= 11 is 0. The first kappa shape index (κ1) is 27.2. The third-order valence-electron chi connectivity index (χ3n) is 7.63. The second-order valence-corrected chi connectivity index (χ2v) is 10.5. The third-order valence-corrected chi connectivity index (χ3v) is 7.63. The highest BCUT2D eigenvalue weighted by Gasteiger charge is 2.34. The predicted molar refractivity (Wildman–Crippen MR) is 140 cm³/mol. The molecule has 0 bridgehead atoms. The van der Waals surface area contributed by atoms with Gasteiger partial charge < -0.3 is 15.1 Å². The van der Waals surface area contributed by atoms with E-state index in [1.807, 2.05) is 47.1 Å². The molecule has 1 aliphatic heterocycles. The van der Waals surface area contributed by atoms with Gasteiger partial charge >= 0.3 is 0 Å². The smallest absolute Gasteiger partial charge is 0.245 e. The van der Waals surface area contributed by atoms with E-state index in [1.54, 1.807) is 0 Å². The minimum atomic E-state index is -0.570. The third kappa shape index (κ3) is 8.36. The van der Waals surface area contributed by atoms with E-state index in [0.717, 1.165) is 44.1 Å². The maximum atomic E-state index is 13.6. The van der Waals surface area contributed by atoms with Crippen LogP contribution in [0, 0.1) is 5.92 Å². The lowest BCUT2D eigenvalue weighted by Gasteiger charge is -2.41. The van der Waals surface area contributed by atoms with E-state index < -0.39 is 6.04 Å². The number of rotatable bonds is 11. The molecule has 2 aliphatic rings. The number of hydrogen-bond acceptors (Lipinski definition) is 3. The Morgan fingerprint density at radius 3 is 2.37 bits per heavy atom. The molecule has 2 unspecified atom stereocenters. The molecule has 6 heteroatoms. The van der Waals surface area contributed by atoms with Crippen molar-refractivity contribution in [3.8, 4) is 0 Å². The summed E-state index contributed by atoms with van der Waals surface area (Å²) in [5.74, 6) is 0.202. The van der Waals surface area contributed by atoms with Crippen LogP contribution in [0.1, 0.15) is 90.0 Å². The van der Waals surface area contributed by atoms with E-state index in [9.17, 15) is 14.4 Å². The van der Waals surface area contributed by atoms with E-state index >= 15 is 0 Å². The lowest BCUT2D eigenvalue weighted by molar-refractivity contribution is -0.144. The summed E-state index contributed by atoms with van der Waals surface area (Å²) in [7, 11) is 0. The lowest BCUT2D eigenvalue weighted by Crippen LogP contribution is -2.59. The normalized spacial score (nSPS) is 19.9. The van der Waals surface area contributed by atoms with Crippen LogP contribution in [0.5, 0.6) is 0 Å². The maximum Gasteiger partial charge on any atom is 0.245 e. The number of nitrogens with zero attached hydrogens (tertiary/aromatic N) is 2. The van der Waals surface area contributed by atoms with Crippen LogP contribution in [0.2, 0.25) is 0 Å². The Balaban J connectivity index is 1.58. The Morgan fingerprint density at radius 2 is 1.69 bits per heavy atom. The number of piperazine rings is 1. The Kier molecular flexibility index (Phi) is 11.1. The average molecular weight is 484 g/mol. The van der Waals surface area contributed by atoms with Gasteiger partial charge in [-0.25, -0.2) is 0 Å². The van der Waals surface area contributed by atoms with Gasteiger partial charge in [0.05, 0.1) is 0 Å². The molecular formula is C29H45N3O3. The van der Waals surface area contributed by atoms with E-state index in [-0.39, 0.29) is 29.7 Å². The van der Waals surface area contributed by atoms with Gasteiger partial charge in [-0.1, -0.05) is 82.2 Å². The van der Waals surface area contributed by atoms with Crippen molar-refractivity contribution in [1.82, 2.24) is 15.1 Å². The van der Waals surface area contributed by atoms with Crippen LogP contribution in [0.25, 0.3) is 0 Å². The molecule has 1 heterocycles. The molecule has 1 saturated carbocycles. The molecule has 1 aromatic carbocycles. The van der Waals surface area contributed by atoms with E-state index in [0.29, 0.717) is 32.5 Å². The predicted octanol–water partition coefficient (Wildman–Crippen LogP) is 4.71. The quantitative estimate of drug-likeness (QED) is 0.463. The van der Waals surface area contributed by atoms with Gasteiger partial charge in [0, 0.05) is 44.4 Å². The minimum Gasteiger partial charge on any atom is -0.344 e. The van der Waals surface area contributed by atoms with Crippen molar-refractivity contribution in [3.05, 3.63) is 35.9 Å². The molecule has 1 N–H and O–H groups in total. The first-order valence-electron chi connectivity index (χ1n) is 13.9. The first-order valence-corrected chi connectivity index (χ1v) is 13.9. The van der Waals surface area contributed by atoms with Crippen LogP contribution in [-0.4, -0.2) is 59.2 Å². The SMILES string of the molecule is CCCCCCCC(=O)N1CCN(C(=O)C(Cc2ccccc2)NC(=O)C2CCCCC2)CC1C. The van der Waals surface area contributed by atoms with E-state index in [1.165, 1.54) is 25.7 Å². The van der Waals surface area contributed by atoms with Gasteiger partial charge in [0.15, 0.2) is 0 Å². The fourth-order valence-corrected chi connectivity index (χ4v) is 5.48. The van der Waals surface area contributed by atoms with Crippen molar-refractivity contribution in [2.75, 3.05) is 19.6 Å². The van der Waals surface area contributed by atoms with Crippen LogP contribution >= 0.6 is 0 Å². The summed E-state index contributed by atoms with van der Waals surface area (Å²) in [6.07, 6.45) is 11.9. The molecular weight excluding hydrogens is 438 g/mol. The highest BCUT2D eigenvalue weighted by Crippen LogP contribution is 2.24. The zero-order valence-corrected chi connectivity index (χ0v) is 21.8. The Labute approximate surface area is 211 Å². The molecule has 1 saturated heterocycles. The number of benzene rings is 1. The summed E-state index contributed by atoms with van der Waals surface area (Å²) in [5.41, 5.74) is 1.04. The number of hydrogen-bond donors (Lipinski definition) is 1. The zero-order valence-electron chi connectivity index (χ0n) is 21.8. The summed E-state index contributed by atoms with van der Waals surface area (Å²) in [5, 5.41) is 3.12. The number of nitrogens with one attached hydrogen (secondary N) is 1. The van der Waals surface area contributed by atoms with Crippen LogP contribution in [0.4, 0.5) is 0 Å². The molecule has 1 aliphatic carbocycles. The van der Waals surface area contributed by atoms with Crippen molar-refractivity contribution in [1.29, 1.82) is 0 Å². The van der Waals surface area contributed by atoms with Crippen molar-refractivity contribution in [2.45, 2.75) is 103 Å². The Morgan fingerprint density at radius 1 is 0.971 bits per heavy atom. The van der Waals surface area contributed by atoms with Gasteiger partial charge in [0.2, 0.25) is 17.7 Å². The lowest BCUT2D eigenvalue weighted by atomic mass is 9.88. The summed E-state index contributed by atoms with van der Waals surface area (Å²) in [6.45, 7) is 5.83. The van der Waals surface area contributed by atoms with Crippen molar-refractivity contribution in [3.63, 3.8) is 0 Å². The van der Waals surface area contributed by atoms with Gasteiger partial charge in [0.1, 0.15) is 6.04 Å². The van der Waals surface area contributed by atoms with Crippen molar-refractivity contribution >= 4 is 17.7 Å². The second-order valence-electron chi connectivity index (χ2n) is 10.5. The number of carbonyl (C=O) groups excluding carboxylic acids is 3. The van der Waals surface area contributed by atoms with Gasteiger partial charge in [0.25, 0.3) is 0 Å². The standard InChI is InChI=1S/C29H45N3O3/c1-3-4-5-6-13-18-27(33)32-20-19-31(22-23(32)2)29(35)26(21-24-14-9-7-10-15-24)30-28(34)25-16-11-8-12-17-25/h7,9-10,14-15,23,25-26H,3-6,8,11-13,16-22H2,1-2H3,(H,30,34). The number of carbonyl (C=O) groups is 3. The maximum absolute atomic E-state index is 13.6. The largest absolute Gasteiger partial charge is 0.344 e. The van der Waals surface area contributed by atoms with Gasteiger partial charge in [-0.05, 0) is 31.7 Å². The fraction of sp³-hybridized carbons (Fsp3) is 0.690. The minimum absolute atomic E-state index is 0.0118. The molecule has 2 fully saturated rings. The fourth-order valence-electron chi connectivity index (χ4n) is 5.48. The van der Waals surface area contributed by atoms with Gasteiger partial charge in [-0.2, -0.15) is 0 Å². The summed E-state index contributed by atoms with van der Waals surface area (Å²) in [6, 6.07) is 9.33. The molecule has 2 atom stereocenters. The van der Waals surface area contributed by atoms with E-state index in [4.69, 9.17) is 0 Å². The van der Waals surface area contributed by atoms with Gasteiger partial charge in [-0.15, -0.1) is 0 Å². The molecule has 3 amide bonds. The zero-order chi connectivity index (χ0) is 25.0. The first-order chi connectivity index (χ1) is 17.0. The highest BCUT2D eigenvalue weighted by molar-refractivity contribution is 5.89. The molecule has 0 spiro atoms. The van der Waals surface area contributed by atoms with Crippen LogP contribution < -0.4 is 5.32 Å². The number of amides is 3. The van der Waals surface area contributed by atoms with Crippen LogP contribution in [0.15, 0.2) is 30.3 Å². The Bertz CT molecular complexity index is 807. The summed E-state index contributed by atoms with van der Waals surface area (Å²) < 4.78 is 0. The molecule has 6 nitrogen and oxygen atoms in total. The van der Waals surface area contributed by atoms with E-state index in [2.05, 4.69) is 12.2 Å². The van der Waals surface area contributed by atoms with Crippen LogP contribution in [-0.2, 0) is 20.8 Å². The molecule has 35 heavy (non-hydrogen) atoms.